The van der Waals surface area contributed by atoms with E-state index in [1.54, 1.807) is 12.6 Å². The van der Waals surface area contributed by atoms with E-state index >= 15 is 0 Å². The van der Waals surface area contributed by atoms with Crippen molar-refractivity contribution in [2.45, 2.75) is 44.9 Å². The molecular weight excluding hydrogens is 430 g/mol. The van der Waals surface area contributed by atoms with Crippen molar-refractivity contribution in [2.75, 3.05) is 30.0 Å². The number of aromatic nitrogens is 3. The molecule has 9 heteroatoms. The van der Waals surface area contributed by atoms with Crippen LogP contribution in [0.2, 0.25) is 0 Å². The van der Waals surface area contributed by atoms with E-state index < -0.39 is 0 Å². The van der Waals surface area contributed by atoms with E-state index in [1.165, 1.54) is 6.39 Å². The van der Waals surface area contributed by atoms with Crippen molar-refractivity contribution in [2.24, 2.45) is 5.84 Å². The number of oxazole rings is 1. The number of nitrogens with two attached hydrogens (primary N) is 1. The number of nitrogens with zero attached hydrogens (tertiary/aromatic N) is 5. The number of hydrogen-bond donors (Lipinski definition) is 2. The molecule has 1 aliphatic heterocycles. The number of anilines is 2. The van der Waals surface area contributed by atoms with Gasteiger partial charge in [0.1, 0.15) is 29.8 Å². The molecule has 2 aromatic heterocycles. The van der Waals surface area contributed by atoms with Crippen molar-refractivity contribution in [1.29, 1.82) is 0 Å². The summed E-state index contributed by atoms with van der Waals surface area (Å²) in [5.41, 5.74) is 6.81. The summed E-state index contributed by atoms with van der Waals surface area (Å²) in [4.78, 5) is 18.0. The second-order valence-corrected chi connectivity index (χ2v) is 9.39. The van der Waals surface area contributed by atoms with Crippen LogP contribution in [0.3, 0.4) is 0 Å². The predicted molar refractivity (Wildman–Crippen MR) is 131 cm³/mol. The Morgan fingerprint density at radius 3 is 2.82 bits per heavy atom. The fourth-order valence-electron chi connectivity index (χ4n) is 4.31. The van der Waals surface area contributed by atoms with E-state index in [9.17, 15) is 0 Å². The molecule has 34 heavy (non-hydrogen) atoms. The number of nitrogens with one attached hydrogen (secondary N) is 1. The van der Waals surface area contributed by atoms with Gasteiger partial charge in [0.2, 0.25) is 0 Å². The molecule has 1 aromatic carbocycles. The average Bonchev–Trinajstić information content (AvgIpc) is 3.34. The van der Waals surface area contributed by atoms with Crippen LogP contribution in [-0.2, 0) is 6.54 Å². The molecule has 1 aliphatic carbocycles. The third kappa shape index (κ3) is 4.76. The zero-order chi connectivity index (χ0) is 23.7. The normalized spacial score (nSPS) is 19.6. The molecule has 3 N–H and O–H groups in total. The van der Waals surface area contributed by atoms with Crippen LogP contribution in [0.25, 0.3) is 5.57 Å². The van der Waals surface area contributed by atoms with Crippen molar-refractivity contribution in [3.63, 3.8) is 0 Å². The molecule has 5 rings (SSSR count). The molecule has 178 valence electrons. The summed E-state index contributed by atoms with van der Waals surface area (Å²) in [6, 6.07) is 8.17. The van der Waals surface area contributed by atoms with Gasteiger partial charge in [-0.1, -0.05) is 6.58 Å². The highest BCUT2D eigenvalue weighted by molar-refractivity contribution is 5.84. The standard InChI is InChI=1S/C25H31N7O2/c1-17-12-32(9-8-31(17)13-19-14-33-16-29-19)24-11-23(27-15-28-24)18(2)21-10-20(4-5-22(21)30-26)34-25(3)6-7-25/h4-5,10-11,14-17,30H,2,6-9,12-13,26H2,1,3H3/t17-/m0/s1. The summed E-state index contributed by atoms with van der Waals surface area (Å²) in [6.45, 7) is 12.1. The molecule has 1 saturated carbocycles. The van der Waals surface area contributed by atoms with Gasteiger partial charge in [-0.15, -0.1) is 0 Å². The van der Waals surface area contributed by atoms with Crippen LogP contribution in [0, 0.1) is 0 Å². The van der Waals surface area contributed by atoms with Crippen molar-refractivity contribution in [3.05, 3.63) is 66.8 Å². The number of rotatable bonds is 8. The van der Waals surface area contributed by atoms with Crippen molar-refractivity contribution < 1.29 is 9.15 Å². The summed E-state index contributed by atoms with van der Waals surface area (Å²) in [7, 11) is 0. The molecule has 3 heterocycles. The molecule has 1 atom stereocenters. The lowest BCUT2D eigenvalue weighted by Crippen LogP contribution is -2.51. The molecule has 3 aromatic rings. The average molecular weight is 462 g/mol. The van der Waals surface area contributed by atoms with E-state index in [0.717, 1.165) is 78.8 Å². The van der Waals surface area contributed by atoms with Crippen LogP contribution in [0.5, 0.6) is 5.75 Å². The van der Waals surface area contributed by atoms with E-state index in [4.69, 9.17) is 15.0 Å². The third-order valence-electron chi connectivity index (χ3n) is 6.69. The molecule has 9 nitrogen and oxygen atoms in total. The monoisotopic (exact) mass is 461 g/mol. The molecular formula is C25H31N7O2. The summed E-state index contributed by atoms with van der Waals surface area (Å²) < 4.78 is 11.3. The van der Waals surface area contributed by atoms with Gasteiger partial charge in [-0.05, 0) is 44.9 Å². The first-order chi connectivity index (χ1) is 16.4. The van der Waals surface area contributed by atoms with Crippen LogP contribution in [-0.4, -0.2) is 51.1 Å². The largest absolute Gasteiger partial charge is 0.488 e. The maximum atomic E-state index is 6.15. The SMILES string of the molecule is C=C(c1cc(N2CCN(Cc3cocn3)[C@@H](C)C2)ncn1)c1cc(OC2(C)CC2)ccc1NN. The zero-order valence-corrected chi connectivity index (χ0v) is 19.7. The highest BCUT2D eigenvalue weighted by atomic mass is 16.5. The summed E-state index contributed by atoms with van der Waals surface area (Å²) in [5.74, 6) is 7.49. The minimum absolute atomic E-state index is 0.0646. The van der Waals surface area contributed by atoms with Gasteiger partial charge in [0.15, 0.2) is 6.39 Å². The smallest absolute Gasteiger partial charge is 0.180 e. The van der Waals surface area contributed by atoms with Crippen molar-refractivity contribution in [1.82, 2.24) is 19.9 Å². The van der Waals surface area contributed by atoms with Crippen LogP contribution in [0.15, 0.2) is 54.2 Å². The Hall–Kier alpha value is -3.43. The van der Waals surface area contributed by atoms with Crippen LogP contribution < -0.4 is 20.9 Å². The Morgan fingerprint density at radius 1 is 1.26 bits per heavy atom. The fraction of sp³-hybridized carbons (Fsp3) is 0.400. The van der Waals surface area contributed by atoms with Crippen LogP contribution >= 0.6 is 0 Å². The number of piperazine rings is 1. The number of hydrazine groups is 1. The van der Waals surface area contributed by atoms with Gasteiger partial charge < -0.3 is 19.5 Å². The quantitative estimate of drug-likeness (QED) is 0.385. The number of ether oxygens (including phenoxy) is 1. The molecule has 2 aliphatic rings. The Balaban J connectivity index is 1.32. The second-order valence-electron chi connectivity index (χ2n) is 9.39. The van der Waals surface area contributed by atoms with Gasteiger partial charge in [-0.2, -0.15) is 0 Å². The Morgan fingerprint density at radius 2 is 2.12 bits per heavy atom. The predicted octanol–water partition coefficient (Wildman–Crippen LogP) is 3.45. The van der Waals surface area contributed by atoms with Crippen LogP contribution in [0.4, 0.5) is 11.5 Å². The third-order valence-corrected chi connectivity index (χ3v) is 6.69. The Labute approximate surface area is 199 Å². The highest BCUT2D eigenvalue weighted by Gasteiger charge is 2.40. The van der Waals surface area contributed by atoms with E-state index in [-0.39, 0.29) is 5.60 Å². The summed E-state index contributed by atoms with van der Waals surface area (Å²) in [6.07, 6.45) is 6.92. The molecule has 0 spiro atoms. The topological polar surface area (TPSA) is 106 Å². The summed E-state index contributed by atoms with van der Waals surface area (Å²) in [5, 5.41) is 0. The van der Waals surface area contributed by atoms with E-state index in [0.29, 0.717) is 6.04 Å². The lowest BCUT2D eigenvalue weighted by Gasteiger charge is -2.40. The first kappa shape index (κ1) is 22.4. The van der Waals surface area contributed by atoms with Gasteiger partial charge in [0.05, 0.1) is 17.1 Å². The van der Waals surface area contributed by atoms with E-state index in [1.807, 2.05) is 24.3 Å². The zero-order valence-electron chi connectivity index (χ0n) is 19.7. The van der Waals surface area contributed by atoms with Crippen LogP contribution in [0.1, 0.15) is 43.6 Å². The van der Waals surface area contributed by atoms with Gasteiger partial charge in [-0.3, -0.25) is 10.7 Å². The molecule has 0 radical (unpaired) electrons. The molecule has 0 bridgehead atoms. The Kier molecular flexibility index (Phi) is 5.97. The number of hydrogen-bond acceptors (Lipinski definition) is 9. The lowest BCUT2D eigenvalue weighted by molar-refractivity contribution is 0.178. The fourth-order valence-corrected chi connectivity index (χ4v) is 4.31. The maximum Gasteiger partial charge on any atom is 0.180 e. The van der Waals surface area contributed by atoms with Gasteiger partial charge >= 0.3 is 0 Å². The number of nitrogen functional groups attached to an aromatic ring is 1. The number of benzene rings is 1. The first-order valence-corrected chi connectivity index (χ1v) is 11.6. The highest BCUT2D eigenvalue weighted by Crippen LogP contribution is 2.41. The van der Waals surface area contributed by atoms with Crippen molar-refractivity contribution >= 4 is 17.1 Å². The minimum atomic E-state index is -0.0646. The summed E-state index contributed by atoms with van der Waals surface area (Å²) >= 11 is 0. The maximum absolute atomic E-state index is 6.15. The van der Waals surface area contributed by atoms with Gasteiger partial charge in [0, 0.05) is 49.4 Å². The molecule has 0 unspecified atom stereocenters. The minimum Gasteiger partial charge on any atom is -0.488 e. The molecule has 2 fully saturated rings. The Bertz CT molecular complexity index is 1160. The van der Waals surface area contributed by atoms with Gasteiger partial charge in [-0.25, -0.2) is 15.0 Å². The molecule has 1 saturated heterocycles. The molecule has 0 amide bonds. The van der Waals surface area contributed by atoms with Crippen molar-refractivity contribution in [3.8, 4) is 5.75 Å². The van der Waals surface area contributed by atoms with Gasteiger partial charge in [0.25, 0.3) is 0 Å². The second kappa shape index (κ2) is 9.08. The first-order valence-electron chi connectivity index (χ1n) is 11.6. The van der Waals surface area contributed by atoms with E-state index in [2.05, 4.69) is 50.6 Å². The lowest BCUT2D eigenvalue weighted by atomic mass is 10.0.